The van der Waals surface area contributed by atoms with Crippen LogP contribution in [0, 0.1) is 0 Å². The van der Waals surface area contributed by atoms with Crippen molar-refractivity contribution in [1.82, 2.24) is 0 Å². The predicted molar refractivity (Wildman–Crippen MR) is 311 cm³/mol. The van der Waals surface area contributed by atoms with Crippen molar-refractivity contribution in [3.05, 3.63) is 24.3 Å². The highest BCUT2D eigenvalue weighted by Crippen LogP contribution is 2.19. The first-order valence-corrected chi connectivity index (χ1v) is 32.4. The van der Waals surface area contributed by atoms with Crippen LogP contribution in [0.3, 0.4) is 0 Å². The number of hydrogen-bond donors (Lipinski definition) is 1. The van der Waals surface area contributed by atoms with E-state index in [9.17, 15) is 14.7 Å². The molecule has 71 heavy (non-hydrogen) atoms. The molecular weight excluding hydrogens is 873 g/mol. The van der Waals surface area contributed by atoms with Gasteiger partial charge in [0.25, 0.3) is 0 Å². The lowest BCUT2D eigenvalue weighted by Crippen LogP contribution is -2.28. The van der Waals surface area contributed by atoms with Crippen molar-refractivity contribution in [2.45, 2.75) is 373 Å². The van der Waals surface area contributed by atoms with Gasteiger partial charge in [0.05, 0.1) is 6.61 Å². The van der Waals surface area contributed by atoms with E-state index in [1.807, 2.05) is 0 Å². The highest BCUT2D eigenvalue weighted by molar-refractivity contribution is 5.70. The van der Waals surface area contributed by atoms with Gasteiger partial charge in [-0.25, -0.2) is 0 Å². The molecule has 0 saturated heterocycles. The maximum absolute atomic E-state index is 12.3. The third kappa shape index (κ3) is 60.8. The van der Waals surface area contributed by atoms with Gasteiger partial charge in [-0.1, -0.05) is 334 Å². The van der Waals surface area contributed by atoms with Crippen molar-refractivity contribution in [2.75, 3.05) is 13.2 Å². The topological polar surface area (TPSA) is 72.8 Å². The number of carbonyl (C=O) groups is 2. The molecule has 0 aliphatic rings. The fourth-order valence-electron chi connectivity index (χ4n) is 10.1. The zero-order chi connectivity index (χ0) is 51.3. The van der Waals surface area contributed by atoms with Crippen molar-refractivity contribution in [1.29, 1.82) is 0 Å². The van der Waals surface area contributed by atoms with Gasteiger partial charge in [-0.3, -0.25) is 9.59 Å². The molecule has 5 heteroatoms. The summed E-state index contributed by atoms with van der Waals surface area (Å²) in [7, 11) is 0. The Morgan fingerprint density at radius 1 is 0.324 bits per heavy atom. The molecule has 0 heterocycles. The van der Waals surface area contributed by atoms with Gasteiger partial charge < -0.3 is 14.6 Å². The van der Waals surface area contributed by atoms with E-state index in [2.05, 4.69) is 38.2 Å². The van der Waals surface area contributed by atoms with Gasteiger partial charge in [-0.05, 0) is 44.9 Å². The van der Waals surface area contributed by atoms with Crippen LogP contribution in [0.5, 0.6) is 0 Å². The molecule has 0 saturated carbocycles. The SMILES string of the molecule is CCCCC/C=C\C/C=C\CCCCCCCCCCCC(=O)OC(CO)COC(=O)CCCCCCCCCCCCCCCCCCCCCCCCCCCCCCCCCCCCCCCC. The molecule has 0 radical (unpaired) electrons. The van der Waals surface area contributed by atoms with Crippen LogP contribution in [0.25, 0.3) is 0 Å². The minimum atomic E-state index is -0.772. The van der Waals surface area contributed by atoms with Gasteiger partial charge in [0.1, 0.15) is 6.61 Å². The molecule has 1 atom stereocenters. The van der Waals surface area contributed by atoms with E-state index in [1.165, 1.54) is 302 Å². The van der Waals surface area contributed by atoms with Crippen molar-refractivity contribution in [3.63, 3.8) is 0 Å². The standard InChI is InChI=1S/C66H126O5/c1-3-5-7-9-11-13-15-17-19-21-23-24-25-26-27-28-29-30-31-32-33-34-35-36-37-38-39-40-41-43-44-46-48-50-52-54-56-58-60-65(68)70-63-64(62-67)71-66(69)61-59-57-55-53-51-49-47-45-42-22-20-18-16-14-12-10-8-6-4-2/h12,14,18,20,64,67H,3-11,13,15-17,19,21-63H2,1-2H3/b14-12-,20-18-. The van der Waals surface area contributed by atoms with E-state index >= 15 is 0 Å². The number of aliphatic hydroxyl groups excluding tert-OH is 1. The third-order valence-corrected chi connectivity index (χ3v) is 15.0. The zero-order valence-corrected chi connectivity index (χ0v) is 48.3. The Morgan fingerprint density at radius 3 is 0.859 bits per heavy atom. The first kappa shape index (κ1) is 69.4. The summed E-state index contributed by atoms with van der Waals surface area (Å²) in [6.45, 7) is 4.17. The van der Waals surface area contributed by atoms with E-state index < -0.39 is 6.10 Å². The van der Waals surface area contributed by atoms with E-state index in [0.29, 0.717) is 12.8 Å². The molecule has 0 aliphatic heterocycles. The molecule has 1 unspecified atom stereocenters. The number of carbonyl (C=O) groups excluding carboxylic acids is 2. The molecule has 0 fully saturated rings. The lowest BCUT2D eigenvalue weighted by molar-refractivity contribution is -0.161. The zero-order valence-electron chi connectivity index (χ0n) is 48.3. The van der Waals surface area contributed by atoms with E-state index in [4.69, 9.17) is 9.47 Å². The fraction of sp³-hybridized carbons (Fsp3) is 0.909. The summed E-state index contributed by atoms with van der Waals surface area (Å²) in [6, 6.07) is 0. The van der Waals surface area contributed by atoms with Crippen LogP contribution in [0.2, 0.25) is 0 Å². The Labute approximate surface area is 444 Å². The van der Waals surface area contributed by atoms with Crippen LogP contribution in [0.4, 0.5) is 0 Å². The second-order valence-corrected chi connectivity index (χ2v) is 22.2. The summed E-state index contributed by atoms with van der Waals surface area (Å²) in [4.78, 5) is 24.5. The molecule has 0 rings (SSSR count). The molecule has 0 bridgehead atoms. The first-order chi connectivity index (χ1) is 35.1. The van der Waals surface area contributed by atoms with Gasteiger partial charge in [-0.15, -0.1) is 0 Å². The van der Waals surface area contributed by atoms with Crippen LogP contribution in [0.1, 0.15) is 367 Å². The van der Waals surface area contributed by atoms with E-state index in [0.717, 1.165) is 38.5 Å². The molecule has 0 aromatic heterocycles. The molecule has 0 amide bonds. The number of aliphatic hydroxyl groups is 1. The molecule has 420 valence electrons. The van der Waals surface area contributed by atoms with Gasteiger partial charge in [0.15, 0.2) is 6.10 Å². The summed E-state index contributed by atoms with van der Waals surface area (Å²) in [5, 5.41) is 9.66. The van der Waals surface area contributed by atoms with Crippen molar-refractivity contribution in [3.8, 4) is 0 Å². The highest BCUT2D eigenvalue weighted by Gasteiger charge is 2.16. The van der Waals surface area contributed by atoms with Crippen LogP contribution in [-0.4, -0.2) is 36.4 Å². The van der Waals surface area contributed by atoms with Crippen molar-refractivity contribution >= 4 is 11.9 Å². The van der Waals surface area contributed by atoms with Crippen molar-refractivity contribution < 1.29 is 24.2 Å². The lowest BCUT2D eigenvalue weighted by atomic mass is 10.0. The Morgan fingerprint density at radius 2 is 0.563 bits per heavy atom. The number of esters is 2. The number of hydrogen-bond acceptors (Lipinski definition) is 5. The van der Waals surface area contributed by atoms with Gasteiger partial charge in [0.2, 0.25) is 0 Å². The molecule has 0 aliphatic carbocycles. The van der Waals surface area contributed by atoms with Gasteiger partial charge >= 0.3 is 11.9 Å². The van der Waals surface area contributed by atoms with Crippen molar-refractivity contribution in [2.24, 2.45) is 0 Å². The average Bonchev–Trinajstić information content (AvgIpc) is 3.37. The largest absolute Gasteiger partial charge is 0.462 e. The van der Waals surface area contributed by atoms with Crippen LogP contribution in [-0.2, 0) is 19.1 Å². The van der Waals surface area contributed by atoms with Crippen LogP contribution < -0.4 is 0 Å². The Hall–Kier alpha value is -1.62. The molecule has 1 N–H and O–H groups in total. The first-order valence-electron chi connectivity index (χ1n) is 32.4. The molecule has 0 aromatic rings. The van der Waals surface area contributed by atoms with E-state index in [1.54, 1.807) is 0 Å². The van der Waals surface area contributed by atoms with Gasteiger partial charge in [-0.2, -0.15) is 0 Å². The number of ether oxygens (including phenoxy) is 2. The highest BCUT2D eigenvalue weighted by atomic mass is 16.6. The summed E-state index contributed by atoms with van der Waals surface area (Å²) < 4.78 is 10.7. The smallest absolute Gasteiger partial charge is 0.306 e. The molecule has 0 spiro atoms. The average molecular weight is 1000 g/mol. The summed E-state index contributed by atoms with van der Waals surface area (Å²) >= 11 is 0. The third-order valence-electron chi connectivity index (χ3n) is 15.0. The molecule has 5 nitrogen and oxygen atoms in total. The number of unbranched alkanes of at least 4 members (excludes halogenated alkanes) is 49. The Kier molecular flexibility index (Phi) is 61.2. The minimum absolute atomic E-state index is 0.0619. The predicted octanol–water partition coefficient (Wildman–Crippen LogP) is 22.0. The Bertz CT molecular complexity index is 1080. The number of allylic oxidation sites excluding steroid dienone is 4. The minimum Gasteiger partial charge on any atom is -0.462 e. The fourth-order valence-corrected chi connectivity index (χ4v) is 10.1. The van der Waals surface area contributed by atoms with Crippen LogP contribution in [0.15, 0.2) is 24.3 Å². The summed E-state index contributed by atoms with van der Waals surface area (Å²) in [5.74, 6) is -0.576. The van der Waals surface area contributed by atoms with E-state index in [-0.39, 0.29) is 25.2 Å². The Balaban J connectivity index is 3.35. The monoisotopic (exact) mass is 999 g/mol. The second kappa shape index (κ2) is 62.7. The van der Waals surface area contributed by atoms with Crippen LogP contribution >= 0.6 is 0 Å². The number of rotatable bonds is 61. The molecule has 0 aromatic carbocycles. The molecular formula is C66H126O5. The lowest BCUT2D eigenvalue weighted by Gasteiger charge is -2.15. The second-order valence-electron chi connectivity index (χ2n) is 22.2. The van der Waals surface area contributed by atoms with Gasteiger partial charge in [0, 0.05) is 12.8 Å². The normalized spacial score (nSPS) is 12.2. The summed E-state index contributed by atoms with van der Waals surface area (Å²) in [5.41, 5.74) is 0. The quantitative estimate of drug-likeness (QED) is 0.0373. The summed E-state index contributed by atoms with van der Waals surface area (Å²) in [6.07, 6.45) is 80.6. The maximum atomic E-state index is 12.3. The maximum Gasteiger partial charge on any atom is 0.306 e.